The Morgan fingerprint density at radius 3 is 2.31 bits per heavy atom. The maximum Gasteiger partial charge on any atom is 0.323 e. The minimum Gasteiger partial charge on any atom is -0.480 e. The van der Waals surface area contributed by atoms with Crippen LogP contribution in [0.5, 0.6) is 0 Å². The van der Waals surface area contributed by atoms with Crippen LogP contribution >= 0.6 is 0 Å². The second-order valence-electron chi connectivity index (χ2n) is 5.15. The number of nitrogens with zero attached hydrogens (tertiary/aromatic N) is 1. The van der Waals surface area contributed by atoms with Gasteiger partial charge in [-0.05, 0) is 45.2 Å². The van der Waals surface area contributed by atoms with Gasteiger partial charge in [-0.3, -0.25) is 9.69 Å². The third-order valence-corrected chi connectivity index (χ3v) is 4.16. The van der Waals surface area contributed by atoms with Gasteiger partial charge in [0.25, 0.3) is 0 Å². The van der Waals surface area contributed by atoms with Crippen LogP contribution in [0.25, 0.3) is 0 Å². The summed E-state index contributed by atoms with van der Waals surface area (Å²) in [7, 11) is 0. The zero-order valence-electron chi connectivity index (χ0n) is 10.8. The van der Waals surface area contributed by atoms with Crippen LogP contribution in [-0.4, -0.2) is 34.6 Å². The number of carboxylic acid groups (broad SMARTS) is 1. The van der Waals surface area contributed by atoms with Crippen molar-refractivity contribution in [2.45, 2.75) is 58.4 Å². The summed E-state index contributed by atoms with van der Waals surface area (Å²) < 4.78 is 0. The van der Waals surface area contributed by atoms with Gasteiger partial charge in [-0.2, -0.15) is 0 Å². The third-order valence-electron chi connectivity index (χ3n) is 4.16. The van der Waals surface area contributed by atoms with Crippen LogP contribution in [0, 0.1) is 5.92 Å². The van der Waals surface area contributed by atoms with E-state index in [1.54, 1.807) is 0 Å². The Labute approximate surface area is 98.8 Å². The monoisotopic (exact) mass is 227 g/mol. The second-order valence-corrected chi connectivity index (χ2v) is 5.15. The van der Waals surface area contributed by atoms with Crippen molar-refractivity contribution in [3.05, 3.63) is 0 Å². The van der Waals surface area contributed by atoms with Crippen molar-refractivity contribution in [1.82, 2.24) is 4.90 Å². The van der Waals surface area contributed by atoms with E-state index in [1.807, 2.05) is 13.8 Å². The molecular weight excluding hydrogens is 202 g/mol. The van der Waals surface area contributed by atoms with Gasteiger partial charge in [-0.25, -0.2) is 0 Å². The highest BCUT2D eigenvalue weighted by Crippen LogP contribution is 2.28. The molecular formula is C13H25NO2. The van der Waals surface area contributed by atoms with E-state index in [0.29, 0.717) is 6.42 Å². The lowest BCUT2D eigenvalue weighted by Crippen LogP contribution is -2.54. The lowest BCUT2D eigenvalue weighted by molar-refractivity contribution is -0.152. The fourth-order valence-corrected chi connectivity index (χ4v) is 2.63. The van der Waals surface area contributed by atoms with Crippen molar-refractivity contribution in [1.29, 1.82) is 0 Å². The van der Waals surface area contributed by atoms with Crippen molar-refractivity contribution >= 4 is 5.97 Å². The molecule has 1 N–H and O–H groups in total. The lowest BCUT2D eigenvalue weighted by Gasteiger charge is -2.41. The van der Waals surface area contributed by atoms with Crippen molar-refractivity contribution < 1.29 is 9.90 Å². The Morgan fingerprint density at radius 2 is 1.94 bits per heavy atom. The highest BCUT2D eigenvalue weighted by molar-refractivity contribution is 5.78. The maximum atomic E-state index is 11.3. The summed E-state index contributed by atoms with van der Waals surface area (Å²) in [5.74, 6) is 0.139. The fourth-order valence-electron chi connectivity index (χ4n) is 2.63. The lowest BCUT2D eigenvalue weighted by atomic mass is 9.88. The van der Waals surface area contributed by atoms with E-state index < -0.39 is 11.5 Å². The van der Waals surface area contributed by atoms with E-state index in [-0.39, 0.29) is 0 Å². The topological polar surface area (TPSA) is 40.5 Å². The van der Waals surface area contributed by atoms with Crippen LogP contribution in [0.1, 0.15) is 52.9 Å². The molecule has 0 aromatic rings. The third kappa shape index (κ3) is 2.76. The molecule has 3 heteroatoms. The van der Waals surface area contributed by atoms with Crippen LogP contribution in [0.2, 0.25) is 0 Å². The van der Waals surface area contributed by atoms with Crippen LogP contribution in [0.3, 0.4) is 0 Å². The van der Waals surface area contributed by atoms with E-state index in [2.05, 4.69) is 11.8 Å². The molecule has 0 spiro atoms. The van der Waals surface area contributed by atoms with Gasteiger partial charge in [0.05, 0.1) is 0 Å². The number of hydrogen-bond donors (Lipinski definition) is 1. The maximum absolute atomic E-state index is 11.3. The van der Waals surface area contributed by atoms with Gasteiger partial charge in [0.1, 0.15) is 5.54 Å². The molecule has 1 saturated heterocycles. The Kier molecular flexibility index (Phi) is 4.78. The standard InChI is InChI=1S/C13H25NO2/c1-4-6-11-7-9-14(10-8-11)13(3,5-2)12(15)16/h11H,4-10H2,1-3H3,(H,15,16). The zero-order chi connectivity index (χ0) is 12.2. The first-order chi connectivity index (χ1) is 7.54. The van der Waals surface area contributed by atoms with E-state index in [4.69, 9.17) is 0 Å². The average Bonchev–Trinajstić information content (AvgIpc) is 2.29. The second kappa shape index (κ2) is 5.67. The normalized spacial score (nSPS) is 22.9. The van der Waals surface area contributed by atoms with Gasteiger partial charge in [-0.15, -0.1) is 0 Å². The first-order valence-corrected chi connectivity index (χ1v) is 6.53. The summed E-state index contributed by atoms with van der Waals surface area (Å²) in [5, 5.41) is 9.31. The average molecular weight is 227 g/mol. The van der Waals surface area contributed by atoms with E-state index in [0.717, 1.165) is 31.8 Å². The van der Waals surface area contributed by atoms with E-state index >= 15 is 0 Å². The molecule has 0 aromatic carbocycles. The summed E-state index contributed by atoms with van der Waals surface area (Å²) >= 11 is 0. The molecule has 0 saturated carbocycles. The van der Waals surface area contributed by atoms with Gasteiger partial charge in [-0.1, -0.05) is 26.7 Å². The first kappa shape index (κ1) is 13.5. The molecule has 1 rings (SSSR count). The van der Waals surface area contributed by atoms with Gasteiger partial charge in [0.15, 0.2) is 0 Å². The summed E-state index contributed by atoms with van der Waals surface area (Å²) in [6, 6.07) is 0. The van der Waals surface area contributed by atoms with E-state index in [1.165, 1.54) is 12.8 Å². The number of likely N-dealkylation sites (tertiary alicyclic amines) is 1. The van der Waals surface area contributed by atoms with Gasteiger partial charge < -0.3 is 5.11 Å². The molecule has 1 fully saturated rings. The Balaban J connectivity index is 2.55. The predicted molar refractivity (Wildman–Crippen MR) is 65.5 cm³/mol. The molecule has 94 valence electrons. The zero-order valence-corrected chi connectivity index (χ0v) is 10.8. The molecule has 0 aliphatic carbocycles. The molecule has 16 heavy (non-hydrogen) atoms. The molecule has 0 bridgehead atoms. The number of aliphatic carboxylic acids is 1. The molecule has 3 nitrogen and oxygen atoms in total. The van der Waals surface area contributed by atoms with Crippen LogP contribution in [0.4, 0.5) is 0 Å². The highest BCUT2D eigenvalue weighted by Gasteiger charge is 2.39. The van der Waals surface area contributed by atoms with Gasteiger partial charge >= 0.3 is 5.97 Å². The first-order valence-electron chi connectivity index (χ1n) is 6.53. The quantitative estimate of drug-likeness (QED) is 0.785. The van der Waals surface area contributed by atoms with Crippen molar-refractivity contribution in [2.75, 3.05) is 13.1 Å². The number of rotatable bonds is 5. The molecule has 0 aromatic heterocycles. The Hall–Kier alpha value is -0.570. The summed E-state index contributed by atoms with van der Waals surface area (Å²) in [6.07, 6.45) is 5.55. The molecule has 1 aliphatic heterocycles. The molecule has 0 amide bonds. The number of piperidine rings is 1. The summed E-state index contributed by atoms with van der Waals surface area (Å²) in [5.41, 5.74) is -0.656. The van der Waals surface area contributed by atoms with Crippen LogP contribution in [-0.2, 0) is 4.79 Å². The molecule has 1 aliphatic rings. The van der Waals surface area contributed by atoms with Crippen LogP contribution < -0.4 is 0 Å². The fraction of sp³-hybridized carbons (Fsp3) is 0.923. The Morgan fingerprint density at radius 1 is 1.38 bits per heavy atom. The summed E-state index contributed by atoms with van der Waals surface area (Å²) in [6.45, 7) is 7.93. The van der Waals surface area contributed by atoms with Crippen molar-refractivity contribution in [2.24, 2.45) is 5.92 Å². The number of carbonyl (C=O) groups is 1. The molecule has 1 heterocycles. The molecule has 1 unspecified atom stereocenters. The summed E-state index contributed by atoms with van der Waals surface area (Å²) in [4.78, 5) is 13.5. The van der Waals surface area contributed by atoms with Crippen LogP contribution in [0.15, 0.2) is 0 Å². The van der Waals surface area contributed by atoms with Gasteiger partial charge in [0, 0.05) is 0 Å². The minimum absolute atomic E-state index is 0.656. The smallest absolute Gasteiger partial charge is 0.323 e. The van der Waals surface area contributed by atoms with E-state index in [9.17, 15) is 9.90 Å². The predicted octanol–water partition coefficient (Wildman–Crippen LogP) is 2.75. The minimum atomic E-state index is -0.677. The Bertz CT molecular complexity index is 234. The largest absolute Gasteiger partial charge is 0.480 e. The van der Waals surface area contributed by atoms with Gasteiger partial charge in [0.2, 0.25) is 0 Å². The number of hydrogen-bond acceptors (Lipinski definition) is 2. The van der Waals surface area contributed by atoms with Crippen molar-refractivity contribution in [3.8, 4) is 0 Å². The van der Waals surface area contributed by atoms with Crippen molar-refractivity contribution in [3.63, 3.8) is 0 Å². The highest BCUT2D eigenvalue weighted by atomic mass is 16.4. The molecule has 1 atom stereocenters. The molecule has 0 radical (unpaired) electrons. The SMILES string of the molecule is CCCC1CCN(C(C)(CC)C(=O)O)CC1. The number of carboxylic acids is 1.